The van der Waals surface area contributed by atoms with E-state index < -0.39 is 65.3 Å². The lowest BCUT2D eigenvalue weighted by atomic mass is 10.0. The molecule has 2 aromatic heterocycles. The zero-order valence-corrected chi connectivity index (χ0v) is 32.4. The molecule has 4 aliphatic rings. The molecule has 0 radical (unpaired) electrons. The van der Waals surface area contributed by atoms with Crippen LogP contribution in [0.5, 0.6) is 5.88 Å². The number of amides is 5. The molecule has 1 aliphatic carbocycles. The highest BCUT2D eigenvalue weighted by molar-refractivity contribution is 7.13. The summed E-state index contributed by atoms with van der Waals surface area (Å²) in [6.07, 6.45) is 4.23. The fraction of sp³-hybridized carbons (Fsp3) is 0.513. The molecular formula is C39H47N7O9S. The number of hydrazine groups is 1. The fourth-order valence-corrected chi connectivity index (χ4v) is 7.95. The maximum Gasteiger partial charge on any atom is 0.426 e. The summed E-state index contributed by atoms with van der Waals surface area (Å²) in [6, 6.07) is 9.15. The van der Waals surface area contributed by atoms with Crippen molar-refractivity contribution in [2.45, 2.75) is 101 Å². The van der Waals surface area contributed by atoms with Gasteiger partial charge in [0.05, 0.1) is 35.7 Å². The van der Waals surface area contributed by atoms with Crippen molar-refractivity contribution in [2.24, 2.45) is 5.92 Å². The lowest BCUT2D eigenvalue weighted by molar-refractivity contribution is -0.141. The second kappa shape index (κ2) is 16.4. The molecule has 5 amide bonds. The van der Waals surface area contributed by atoms with Gasteiger partial charge in [-0.05, 0) is 70.0 Å². The number of allylic oxidation sites excluding steroid dienone is 1. The highest BCUT2D eigenvalue weighted by Gasteiger charge is 2.61. The van der Waals surface area contributed by atoms with Crippen molar-refractivity contribution in [3.8, 4) is 16.5 Å². The van der Waals surface area contributed by atoms with Gasteiger partial charge in [0.15, 0.2) is 0 Å². The normalized spacial score (nSPS) is 27.2. The summed E-state index contributed by atoms with van der Waals surface area (Å²) in [6.45, 7) is 5.93. The number of carbonyl (C=O) groups excluding carboxylic acids is 5. The van der Waals surface area contributed by atoms with E-state index in [-0.39, 0.29) is 37.8 Å². The number of thiophene rings is 1. The van der Waals surface area contributed by atoms with Crippen LogP contribution >= 0.6 is 11.3 Å². The topological polar surface area (TPSA) is 199 Å². The Balaban J connectivity index is 1.16. The van der Waals surface area contributed by atoms with Gasteiger partial charge < -0.3 is 34.5 Å². The molecule has 2 saturated heterocycles. The maximum atomic E-state index is 14.5. The van der Waals surface area contributed by atoms with Crippen LogP contribution in [0.15, 0.2) is 53.9 Å². The van der Waals surface area contributed by atoms with Gasteiger partial charge in [0.25, 0.3) is 5.91 Å². The molecule has 56 heavy (non-hydrogen) atoms. The summed E-state index contributed by atoms with van der Waals surface area (Å²) < 4.78 is 22.6. The number of benzene rings is 1. The van der Waals surface area contributed by atoms with Crippen LogP contribution in [0.3, 0.4) is 0 Å². The molecule has 3 aliphatic heterocycles. The predicted octanol–water partition coefficient (Wildman–Crippen LogP) is 4.15. The van der Waals surface area contributed by atoms with Gasteiger partial charge in [0, 0.05) is 18.8 Å². The Morgan fingerprint density at radius 3 is 2.54 bits per heavy atom. The first-order chi connectivity index (χ1) is 26.9. The van der Waals surface area contributed by atoms with E-state index in [1.165, 1.54) is 16.2 Å². The number of nitrogens with one attached hydrogen (secondary N) is 4. The first-order valence-electron chi connectivity index (χ1n) is 19.0. The SMILES string of the molecule is CC(C)(C)OC(=O)N[C@H]1CCCC/C=C\[C@@H]2C[C@@]2(C(=O)NNC(=O)O[C@H]2CCOC2)NC(=O)[C@@H]2C[C@@H](Oc3nc4ccccc4nc3-c3cccs3)CN2C1=O. The third-order valence-electron chi connectivity index (χ3n) is 10.1. The quantitative estimate of drug-likeness (QED) is 0.207. The Kier molecular flexibility index (Phi) is 11.4. The first-order valence-corrected chi connectivity index (χ1v) is 19.9. The Morgan fingerprint density at radius 1 is 1.00 bits per heavy atom. The van der Waals surface area contributed by atoms with Crippen LogP contribution < -0.4 is 26.2 Å². The molecule has 0 spiro atoms. The molecule has 7 rings (SSSR count). The Labute approximate surface area is 328 Å². The fourth-order valence-electron chi connectivity index (χ4n) is 7.24. The minimum absolute atomic E-state index is 0.0113. The van der Waals surface area contributed by atoms with Crippen LogP contribution in [-0.2, 0) is 28.6 Å². The Morgan fingerprint density at radius 2 is 1.80 bits per heavy atom. The molecule has 1 saturated carbocycles. The number of alkyl carbamates (subject to hydrolysis) is 1. The summed E-state index contributed by atoms with van der Waals surface area (Å²) in [5.74, 6) is -1.81. The lowest BCUT2D eigenvalue weighted by Crippen LogP contribution is -2.59. The van der Waals surface area contributed by atoms with Crippen LogP contribution in [0.1, 0.15) is 65.7 Å². The van der Waals surface area contributed by atoms with Gasteiger partial charge in [-0.2, -0.15) is 0 Å². The molecule has 0 unspecified atom stereocenters. The average Bonchev–Trinajstić information content (AvgIpc) is 3.66. The number of nitrogens with zero attached hydrogens (tertiary/aromatic N) is 3. The van der Waals surface area contributed by atoms with Gasteiger partial charge >= 0.3 is 12.2 Å². The standard InChI is InChI=1S/C39H47N7O9S/c1-38(2,3)55-36(50)42-28-14-7-5-4-6-11-23-20-39(23,35(49)44-45-37(51)54-24-16-17-52-22-24)43-32(47)29-19-25(21-46(29)34(28)48)53-33-31(30-15-10-18-56-30)40-26-12-8-9-13-27(26)41-33/h6,8-13,15,18,23-25,28-29H,4-5,7,14,16-17,19-22H2,1-3H3,(H,42,50)(H,43,47)(H,44,49)(H,45,51)/b11-6-/t23-,24+,25-,28+,29+,39-/m1/s1. The summed E-state index contributed by atoms with van der Waals surface area (Å²) in [4.78, 5) is 80.1. The van der Waals surface area contributed by atoms with Gasteiger partial charge in [-0.1, -0.05) is 36.8 Å². The number of hydrogen-bond acceptors (Lipinski definition) is 12. The van der Waals surface area contributed by atoms with Crippen LogP contribution in [-0.4, -0.2) is 100.0 Å². The summed E-state index contributed by atoms with van der Waals surface area (Å²) >= 11 is 1.48. The van der Waals surface area contributed by atoms with Gasteiger partial charge in [0.2, 0.25) is 17.7 Å². The number of aromatic nitrogens is 2. The molecule has 4 N–H and O–H groups in total. The van der Waals surface area contributed by atoms with E-state index in [0.29, 0.717) is 55.4 Å². The number of hydrogen-bond donors (Lipinski definition) is 4. The minimum Gasteiger partial charge on any atom is -0.471 e. The molecule has 3 aromatic rings. The predicted molar refractivity (Wildman–Crippen MR) is 204 cm³/mol. The van der Waals surface area contributed by atoms with Gasteiger partial charge in [-0.3, -0.25) is 19.8 Å². The van der Waals surface area contributed by atoms with Crippen molar-refractivity contribution in [2.75, 3.05) is 19.8 Å². The molecule has 0 bridgehead atoms. The number of para-hydroxylation sites is 2. The first kappa shape index (κ1) is 39.0. The van der Waals surface area contributed by atoms with Crippen LogP contribution in [0.4, 0.5) is 9.59 Å². The number of rotatable bonds is 6. The smallest absolute Gasteiger partial charge is 0.426 e. The van der Waals surface area contributed by atoms with Crippen molar-refractivity contribution in [1.29, 1.82) is 0 Å². The minimum atomic E-state index is -1.40. The Bertz CT molecular complexity index is 1980. The van der Waals surface area contributed by atoms with Crippen LogP contribution in [0.2, 0.25) is 0 Å². The molecular weight excluding hydrogens is 743 g/mol. The molecule has 6 atom stereocenters. The molecule has 17 heteroatoms. The van der Waals surface area contributed by atoms with Gasteiger partial charge in [-0.15, -0.1) is 11.3 Å². The second-order valence-electron chi connectivity index (χ2n) is 15.5. The third-order valence-corrected chi connectivity index (χ3v) is 11.0. The summed E-state index contributed by atoms with van der Waals surface area (Å²) in [5.41, 5.74) is 4.34. The largest absolute Gasteiger partial charge is 0.471 e. The van der Waals surface area contributed by atoms with E-state index in [9.17, 15) is 24.0 Å². The maximum absolute atomic E-state index is 14.5. The molecule has 3 fully saturated rings. The zero-order valence-electron chi connectivity index (χ0n) is 31.6. The van der Waals surface area contributed by atoms with Crippen molar-refractivity contribution >= 4 is 52.3 Å². The van der Waals surface area contributed by atoms with Crippen molar-refractivity contribution in [1.82, 2.24) is 36.4 Å². The molecule has 298 valence electrons. The van der Waals surface area contributed by atoms with Crippen molar-refractivity contribution in [3.05, 3.63) is 53.9 Å². The van der Waals surface area contributed by atoms with E-state index in [2.05, 4.69) is 21.5 Å². The van der Waals surface area contributed by atoms with Crippen LogP contribution in [0.25, 0.3) is 21.6 Å². The number of ether oxygens (including phenoxy) is 4. The molecule has 1 aromatic carbocycles. The highest BCUT2D eigenvalue weighted by Crippen LogP contribution is 2.45. The summed E-state index contributed by atoms with van der Waals surface area (Å²) in [5, 5.41) is 7.62. The van der Waals surface area contributed by atoms with Crippen LogP contribution in [0, 0.1) is 5.92 Å². The highest BCUT2D eigenvalue weighted by atomic mass is 32.1. The zero-order chi connectivity index (χ0) is 39.5. The van der Waals surface area contributed by atoms with E-state index >= 15 is 0 Å². The van der Waals surface area contributed by atoms with E-state index in [1.807, 2.05) is 53.9 Å². The number of fused-ring (bicyclic) bond motifs is 3. The number of carbonyl (C=O) groups is 5. The molecule has 5 heterocycles. The van der Waals surface area contributed by atoms with E-state index in [1.54, 1.807) is 20.8 Å². The van der Waals surface area contributed by atoms with E-state index in [0.717, 1.165) is 4.88 Å². The van der Waals surface area contributed by atoms with E-state index in [4.69, 9.17) is 28.9 Å². The molecule has 16 nitrogen and oxygen atoms in total. The van der Waals surface area contributed by atoms with Gasteiger partial charge in [-0.25, -0.2) is 25.0 Å². The average molecular weight is 790 g/mol. The lowest BCUT2D eigenvalue weighted by Gasteiger charge is -2.30. The summed E-state index contributed by atoms with van der Waals surface area (Å²) in [7, 11) is 0. The van der Waals surface area contributed by atoms with Gasteiger partial charge in [0.1, 0.15) is 41.1 Å². The van der Waals surface area contributed by atoms with Crippen molar-refractivity contribution in [3.63, 3.8) is 0 Å². The Hall–Kier alpha value is -5.29. The third kappa shape index (κ3) is 9.05. The second-order valence-corrected chi connectivity index (χ2v) is 16.4. The van der Waals surface area contributed by atoms with Crippen molar-refractivity contribution < 1.29 is 42.9 Å². The monoisotopic (exact) mass is 789 g/mol.